The first-order chi connectivity index (χ1) is 8.65. The number of anilines is 1. The highest BCUT2D eigenvalue weighted by Crippen LogP contribution is 2.34. The van der Waals surface area contributed by atoms with E-state index in [0.29, 0.717) is 23.8 Å². The third-order valence-electron chi connectivity index (χ3n) is 3.61. The summed E-state index contributed by atoms with van der Waals surface area (Å²) in [5.41, 5.74) is 1.04. The second-order valence-corrected chi connectivity index (χ2v) is 4.85. The third-order valence-corrected chi connectivity index (χ3v) is 3.61. The Morgan fingerprint density at radius 1 is 1.44 bits per heavy atom. The van der Waals surface area contributed by atoms with E-state index in [4.69, 9.17) is 5.11 Å². The Hall–Kier alpha value is -1.13. The average molecular weight is 253 g/mol. The van der Waals surface area contributed by atoms with Gasteiger partial charge in [-0.2, -0.15) is 0 Å². The summed E-state index contributed by atoms with van der Waals surface area (Å²) in [6.07, 6.45) is 2.46. The van der Waals surface area contributed by atoms with Crippen molar-refractivity contribution in [3.8, 4) is 0 Å². The Bertz CT molecular complexity index is 405. The maximum absolute atomic E-state index is 13.8. The highest BCUT2D eigenvalue weighted by atomic mass is 19.1. The lowest BCUT2D eigenvalue weighted by Gasteiger charge is -2.40. The third kappa shape index (κ3) is 2.49. The van der Waals surface area contributed by atoms with E-state index in [2.05, 4.69) is 0 Å². The molecule has 1 aromatic carbocycles. The minimum atomic E-state index is -0.845. The molecule has 0 bridgehead atoms. The number of aliphatic hydroxyl groups is 2. The maximum atomic E-state index is 13.8. The Labute approximate surface area is 107 Å². The molecule has 1 fully saturated rings. The molecule has 0 unspecified atom stereocenters. The quantitative estimate of drug-likeness (QED) is 0.845. The fourth-order valence-electron chi connectivity index (χ4n) is 2.50. The van der Waals surface area contributed by atoms with Crippen molar-refractivity contribution in [3.05, 3.63) is 29.6 Å². The summed E-state index contributed by atoms with van der Waals surface area (Å²) in [5.74, 6) is -0.384. The van der Waals surface area contributed by atoms with Crippen molar-refractivity contribution in [2.75, 3.05) is 18.1 Å². The molecule has 100 valence electrons. The highest BCUT2D eigenvalue weighted by molar-refractivity contribution is 5.56. The lowest BCUT2D eigenvalue weighted by atomic mass is 9.90. The van der Waals surface area contributed by atoms with Crippen molar-refractivity contribution in [2.45, 2.75) is 38.3 Å². The molecular weight excluding hydrogens is 233 g/mol. The lowest BCUT2D eigenvalue weighted by molar-refractivity contribution is 0.193. The molecule has 1 aromatic rings. The van der Waals surface area contributed by atoms with Crippen LogP contribution in [0.3, 0.4) is 0 Å². The van der Waals surface area contributed by atoms with E-state index in [1.165, 1.54) is 12.5 Å². The van der Waals surface area contributed by atoms with Crippen LogP contribution < -0.4 is 4.90 Å². The zero-order chi connectivity index (χ0) is 13.1. The van der Waals surface area contributed by atoms with Crippen LogP contribution >= 0.6 is 0 Å². The van der Waals surface area contributed by atoms with Crippen LogP contribution in [0.5, 0.6) is 0 Å². The lowest BCUT2D eigenvalue weighted by Crippen LogP contribution is -2.42. The molecule has 1 aliphatic rings. The molecule has 1 atom stereocenters. The van der Waals surface area contributed by atoms with E-state index in [-0.39, 0.29) is 12.4 Å². The van der Waals surface area contributed by atoms with Crippen molar-refractivity contribution in [1.29, 1.82) is 0 Å². The average Bonchev–Trinajstić information content (AvgIpc) is 2.25. The number of rotatable bonds is 5. The van der Waals surface area contributed by atoms with Crippen LogP contribution in [0.4, 0.5) is 10.1 Å². The minimum absolute atomic E-state index is 0.0340. The fraction of sp³-hybridized carbons (Fsp3) is 0.571. The molecule has 0 aromatic heterocycles. The predicted octanol–water partition coefficient (Wildman–Crippen LogP) is 2.23. The molecule has 1 aliphatic carbocycles. The van der Waals surface area contributed by atoms with Crippen molar-refractivity contribution in [3.63, 3.8) is 0 Å². The summed E-state index contributed by atoms with van der Waals surface area (Å²) in [6, 6.07) is 5.19. The largest absolute Gasteiger partial charge is 0.395 e. The van der Waals surface area contributed by atoms with Gasteiger partial charge in [-0.15, -0.1) is 0 Å². The predicted molar refractivity (Wildman–Crippen MR) is 69.1 cm³/mol. The number of hydrogen-bond acceptors (Lipinski definition) is 3. The summed E-state index contributed by atoms with van der Waals surface area (Å²) in [5, 5.41) is 18.9. The normalized spacial score (nSPS) is 17.3. The van der Waals surface area contributed by atoms with Crippen LogP contribution in [-0.4, -0.2) is 29.4 Å². The van der Waals surface area contributed by atoms with Gasteiger partial charge in [0.2, 0.25) is 0 Å². The zero-order valence-electron chi connectivity index (χ0n) is 10.6. The number of aliphatic hydroxyl groups excluding tert-OH is 2. The summed E-state index contributed by atoms with van der Waals surface area (Å²) >= 11 is 0. The summed E-state index contributed by atoms with van der Waals surface area (Å²) in [4.78, 5) is 2.02. The molecule has 2 N–H and O–H groups in total. The van der Waals surface area contributed by atoms with Gasteiger partial charge in [-0.3, -0.25) is 0 Å². The Morgan fingerprint density at radius 3 is 2.67 bits per heavy atom. The first-order valence-electron chi connectivity index (χ1n) is 6.49. The number of halogens is 1. The van der Waals surface area contributed by atoms with E-state index in [9.17, 15) is 9.50 Å². The van der Waals surface area contributed by atoms with Crippen LogP contribution in [0.1, 0.15) is 37.9 Å². The van der Waals surface area contributed by atoms with E-state index in [1.54, 1.807) is 13.0 Å². The molecule has 0 aliphatic heterocycles. The van der Waals surface area contributed by atoms with Crippen LogP contribution in [-0.2, 0) is 0 Å². The van der Waals surface area contributed by atoms with E-state index in [1.807, 2.05) is 11.0 Å². The first kappa shape index (κ1) is 13.3. The van der Waals surface area contributed by atoms with Gasteiger partial charge in [-0.1, -0.05) is 6.07 Å². The fourth-order valence-corrected chi connectivity index (χ4v) is 2.50. The molecule has 0 heterocycles. The molecule has 4 heteroatoms. The molecular formula is C14H20FNO2. The standard InChI is InChI=1S/C14H20FNO2/c1-10(18)14-12(15)6-3-7-13(14)16(8-9-17)11-4-2-5-11/h3,6-7,10-11,17-18H,2,4-5,8-9H2,1H3/t10-/m1/s1. The monoisotopic (exact) mass is 253 g/mol. The highest BCUT2D eigenvalue weighted by Gasteiger charge is 2.28. The molecule has 0 amide bonds. The van der Waals surface area contributed by atoms with E-state index < -0.39 is 6.10 Å². The second-order valence-electron chi connectivity index (χ2n) is 4.85. The summed E-state index contributed by atoms with van der Waals surface area (Å²) in [7, 11) is 0. The molecule has 0 saturated heterocycles. The molecule has 2 rings (SSSR count). The molecule has 3 nitrogen and oxygen atoms in total. The SMILES string of the molecule is C[C@@H](O)c1c(F)cccc1N(CCO)C1CCC1. The molecule has 0 spiro atoms. The van der Waals surface area contributed by atoms with Gasteiger partial charge in [0, 0.05) is 23.8 Å². The van der Waals surface area contributed by atoms with Crippen molar-refractivity contribution < 1.29 is 14.6 Å². The number of hydrogen-bond donors (Lipinski definition) is 2. The van der Waals surface area contributed by atoms with Gasteiger partial charge in [-0.25, -0.2) is 4.39 Å². The molecule has 0 radical (unpaired) electrons. The van der Waals surface area contributed by atoms with E-state index in [0.717, 1.165) is 12.8 Å². The smallest absolute Gasteiger partial charge is 0.131 e. The topological polar surface area (TPSA) is 43.7 Å². The van der Waals surface area contributed by atoms with Crippen LogP contribution in [0.25, 0.3) is 0 Å². The van der Waals surface area contributed by atoms with Crippen LogP contribution in [0.2, 0.25) is 0 Å². The minimum Gasteiger partial charge on any atom is -0.395 e. The van der Waals surface area contributed by atoms with Crippen molar-refractivity contribution in [1.82, 2.24) is 0 Å². The maximum Gasteiger partial charge on any atom is 0.131 e. The van der Waals surface area contributed by atoms with Gasteiger partial charge >= 0.3 is 0 Å². The molecule has 1 saturated carbocycles. The summed E-state index contributed by atoms with van der Waals surface area (Å²) in [6.45, 7) is 2.08. The summed E-state index contributed by atoms with van der Waals surface area (Å²) < 4.78 is 13.8. The van der Waals surface area contributed by atoms with Crippen LogP contribution in [0, 0.1) is 5.82 Å². The first-order valence-corrected chi connectivity index (χ1v) is 6.49. The zero-order valence-corrected chi connectivity index (χ0v) is 10.6. The van der Waals surface area contributed by atoms with Gasteiger partial charge in [0.05, 0.1) is 12.7 Å². The number of benzene rings is 1. The van der Waals surface area contributed by atoms with Crippen LogP contribution in [0.15, 0.2) is 18.2 Å². The van der Waals surface area contributed by atoms with Gasteiger partial charge in [-0.05, 0) is 38.3 Å². The van der Waals surface area contributed by atoms with Crippen molar-refractivity contribution >= 4 is 5.69 Å². The Balaban J connectivity index is 2.36. The van der Waals surface area contributed by atoms with Gasteiger partial charge in [0.25, 0.3) is 0 Å². The van der Waals surface area contributed by atoms with E-state index >= 15 is 0 Å². The van der Waals surface area contributed by atoms with Gasteiger partial charge in [0.1, 0.15) is 5.82 Å². The Kier molecular flexibility index (Phi) is 4.19. The Morgan fingerprint density at radius 2 is 2.17 bits per heavy atom. The second kappa shape index (κ2) is 5.67. The van der Waals surface area contributed by atoms with Gasteiger partial charge in [0.15, 0.2) is 0 Å². The van der Waals surface area contributed by atoms with Crippen molar-refractivity contribution in [2.24, 2.45) is 0 Å². The number of nitrogens with zero attached hydrogens (tertiary/aromatic N) is 1. The molecule has 18 heavy (non-hydrogen) atoms. The van der Waals surface area contributed by atoms with Gasteiger partial charge < -0.3 is 15.1 Å².